The maximum Gasteiger partial charge on any atom is 0.251 e. The molecule has 2 aromatic heterocycles. The number of allylic oxidation sites excluding steroid dienone is 1. The number of anilines is 1. The van der Waals surface area contributed by atoms with Crippen molar-refractivity contribution in [3.05, 3.63) is 63.6 Å². The molecule has 1 aliphatic heterocycles. The van der Waals surface area contributed by atoms with Gasteiger partial charge >= 0.3 is 0 Å². The van der Waals surface area contributed by atoms with Gasteiger partial charge in [-0.25, -0.2) is 0 Å². The summed E-state index contributed by atoms with van der Waals surface area (Å²) in [7, 11) is 3.72. The number of nitrogens with two attached hydrogens (primary N) is 1. The van der Waals surface area contributed by atoms with E-state index in [4.69, 9.17) is 10.5 Å². The van der Waals surface area contributed by atoms with Crippen LogP contribution >= 0.6 is 11.3 Å². The zero-order chi connectivity index (χ0) is 21.5. The van der Waals surface area contributed by atoms with Crippen molar-refractivity contribution in [2.75, 3.05) is 32.5 Å². The second kappa shape index (κ2) is 10.7. The zero-order valence-electron chi connectivity index (χ0n) is 17.9. The fraction of sp³-hybridized carbons (Fsp3) is 0.409. The van der Waals surface area contributed by atoms with Crippen molar-refractivity contribution in [1.29, 1.82) is 0 Å². The summed E-state index contributed by atoms with van der Waals surface area (Å²) in [5.41, 5.74) is 7.31. The Bertz CT molecular complexity index is 945. The Hall–Kier alpha value is -2.29. The van der Waals surface area contributed by atoms with E-state index in [1.165, 1.54) is 15.7 Å². The fourth-order valence-electron chi connectivity index (χ4n) is 3.77. The number of hydrogen-bond donors (Lipinski definition) is 2. The van der Waals surface area contributed by atoms with Crippen molar-refractivity contribution >= 4 is 35.7 Å². The van der Waals surface area contributed by atoms with Crippen LogP contribution in [0.2, 0.25) is 0 Å². The molecule has 3 N–H and O–H groups in total. The molecule has 6 nitrogen and oxygen atoms in total. The Labute approximate surface area is 183 Å². The van der Waals surface area contributed by atoms with E-state index in [2.05, 4.69) is 36.8 Å². The van der Waals surface area contributed by atoms with Gasteiger partial charge in [-0.15, -0.1) is 0 Å². The van der Waals surface area contributed by atoms with E-state index < -0.39 is 0 Å². The highest BCUT2D eigenvalue weighted by Gasteiger charge is 2.19. The third kappa shape index (κ3) is 5.87. The Morgan fingerprint density at radius 2 is 2.10 bits per heavy atom. The molecule has 1 aliphatic rings. The first kappa shape index (κ1) is 22.4. The summed E-state index contributed by atoms with van der Waals surface area (Å²) >= 11 is 1.86. The molecular formula is C22H31BN4O2S. The van der Waals surface area contributed by atoms with Gasteiger partial charge in [-0.05, 0) is 48.9 Å². The third-order valence-electron chi connectivity index (χ3n) is 5.56. The molecule has 1 saturated heterocycles. The Balaban J connectivity index is 1.55. The smallest absolute Gasteiger partial charge is 0.251 e. The first-order chi connectivity index (χ1) is 14.5. The van der Waals surface area contributed by atoms with Gasteiger partial charge in [-0.2, -0.15) is 11.3 Å². The van der Waals surface area contributed by atoms with Crippen molar-refractivity contribution in [1.82, 2.24) is 14.8 Å². The van der Waals surface area contributed by atoms with Crippen LogP contribution < -0.4 is 21.4 Å². The Morgan fingerprint density at radius 1 is 1.33 bits per heavy atom. The van der Waals surface area contributed by atoms with Gasteiger partial charge in [0.05, 0.1) is 18.5 Å². The van der Waals surface area contributed by atoms with Crippen LogP contribution in [0.25, 0.3) is 6.08 Å². The number of likely N-dealkylation sites (tertiary alicyclic amines) is 1. The predicted octanol–water partition coefficient (Wildman–Crippen LogP) is 1.18. The van der Waals surface area contributed by atoms with Gasteiger partial charge in [0.2, 0.25) is 0 Å². The molecule has 0 atom stereocenters. The summed E-state index contributed by atoms with van der Waals surface area (Å²) in [6.07, 6.45) is 5.61. The largest absolute Gasteiger partial charge is 0.497 e. The highest BCUT2D eigenvalue weighted by Crippen LogP contribution is 2.16. The fourth-order valence-corrected chi connectivity index (χ4v) is 4.61. The van der Waals surface area contributed by atoms with Crippen molar-refractivity contribution in [3.8, 4) is 0 Å². The highest BCUT2D eigenvalue weighted by atomic mass is 32.1. The predicted molar refractivity (Wildman–Crippen MR) is 129 cm³/mol. The van der Waals surface area contributed by atoms with E-state index in [9.17, 15) is 4.79 Å². The Morgan fingerprint density at radius 3 is 2.73 bits per heavy atom. The van der Waals surface area contributed by atoms with Crippen LogP contribution in [0.5, 0.6) is 0 Å². The monoisotopic (exact) mass is 426 g/mol. The number of nitrogens with zero attached hydrogens (tertiary/aromatic N) is 2. The summed E-state index contributed by atoms with van der Waals surface area (Å²) in [6, 6.07) is 8.10. The molecule has 0 unspecified atom stereocenters. The number of methoxy groups -OCH3 is 1. The summed E-state index contributed by atoms with van der Waals surface area (Å²) in [6.45, 7) is 8.15. The van der Waals surface area contributed by atoms with Gasteiger partial charge in [0.1, 0.15) is 5.76 Å². The van der Waals surface area contributed by atoms with Gasteiger partial charge in [-0.1, -0.05) is 12.6 Å². The average molecular weight is 426 g/mol. The molecule has 1 fully saturated rings. The van der Waals surface area contributed by atoms with Gasteiger partial charge in [0.15, 0.2) is 7.85 Å². The molecule has 30 heavy (non-hydrogen) atoms. The summed E-state index contributed by atoms with van der Waals surface area (Å²) in [4.78, 5) is 16.3. The van der Waals surface area contributed by atoms with E-state index in [1.54, 1.807) is 29.9 Å². The molecule has 0 bridgehead atoms. The SMILES string of the molecule is Bc1ccc(CNC2CCN(CCn3c(/C=C(\C=C)OC)c(N)ccc3=O)CC2)s1. The van der Waals surface area contributed by atoms with E-state index in [-0.39, 0.29) is 5.56 Å². The maximum atomic E-state index is 12.5. The molecule has 0 aromatic carbocycles. The standard InChI is InChI=1S/C22H31BN4O2S/c1-3-17(29-2)14-20-19(24)5-7-22(28)27(20)13-12-26-10-8-16(9-11-26)25-15-18-4-6-21(23)30-18/h3-7,14,16,25H,1,8-13,15,23-24H2,2H3/b17-14+. The molecule has 0 amide bonds. The first-order valence-electron chi connectivity index (χ1n) is 10.4. The van der Waals surface area contributed by atoms with Crippen LogP contribution in [-0.4, -0.2) is 50.1 Å². The summed E-state index contributed by atoms with van der Waals surface area (Å²) < 4.78 is 8.35. The number of thiophene rings is 1. The van der Waals surface area contributed by atoms with Crippen molar-refractivity contribution in [2.24, 2.45) is 0 Å². The van der Waals surface area contributed by atoms with E-state index >= 15 is 0 Å². The van der Waals surface area contributed by atoms with E-state index in [1.807, 2.05) is 11.3 Å². The molecular weight excluding hydrogens is 395 g/mol. The summed E-state index contributed by atoms with van der Waals surface area (Å²) in [5, 5.41) is 3.69. The quantitative estimate of drug-likeness (QED) is 0.358. The van der Waals surface area contributed by atoms with Crippen LogP contribution in [0.3, 0.4) is 0 Å². The van der Waals surface area contributed by atoms with Crippen molar-refractivity contribution < 1.29 is 4.74 Å². The van der Waals surface area contributed by atoms with Crippen LogP contribution in [0.4, 0.5) is 5.69 Å². The third-order valence-corrected chi connectivity index (χ3v) is 6.56. The maximum absolute atomic E-state index is 12.5. The van der Waals surface area contributed by atoms with E-state index in [0.717, 1.165) is 39.0 Å². The van der Waals surface area contributed by atoms with Crippen LogP contribution in [-0.2, 0) is 17.8 Å². The number of aromatic nitrogens is 1. The molecule has 3 rings (SSSR count). The second-order valence-corrected chi connectivity index (χ2v) is 9.00. The van der Waals surface area contributed by atoms with Gasteiger partial charge < -0.3 is 25.3 Å². The molecule has 0 saturated carbocycles. The molecule has 0 spiro atoms. The lowest BCUT2D eigenvalue weighted by atomic mass is 10.0. The number of rotatable bonds is 9. The molecule has 0 radical (unpaired) electrons. The van der Waals surface area contributed by atoms with Gasteiger partial charge in [-0.3, -0.25) is 4.79 Å². The lowest BCUT2D eigenvalue weighted by Gasteiger charge is -2.32. The van der Waals surface area contributed by atoms with E-state index in [0.29, 0.717) is 29.7 Å². The van der Waals surface area contributed by atoms with Gasteiger partial charge in [0, 0.05) is 42.7 Å². The average Bonchev–Trinajstić information content (AvgIpc) is 3.18. The lowest BCUT2D eigenvalue weighted by Crippen LogP contribution is -2.43. The van der Waals surface area contributed by atoms with Crippen molar-refractivity contribution in [2.45, 2.75) is 32.0 Å². The van der Waals surface area contributed by atoms with Crippen LogP contribution in [0.15, 0.2) is 47.5 Å². The number of hydrogen-bond acceptors (Lipinski definition) is 6. The zero-order valence-corrected chi connectivity index (χ0v) is 18.7. The number of pyridine rings is 1. The minimum atomic E-state index is -0.0576. The molecule has 160 valence electrons. The molecule has 8 heteroatoms. The Kier molecular flexibility index (Phi) is 7.96. The second-order valence-electron chi connectivity index (χ2n) is 7.63. The topological polar surface area (TPSA) is 72.5 Å². The van der Waals surface area contributed by atoms with Crippen LogP contribution in [0.1, 0.15) is 23.4 Å². The minimum Gasteiger partial charge on any atom is -0.497 e. The normalized spacial score (nSPS) is 16.0. The number of ether oxygens (including phenoxy) is 1. The molecule has 2 aromatic rings. The number of nitrogens with one attached hydrogen (secondary N) is 1. The summed E-state index contributed by atoms with van der Waals surface area (Å²) in [5.74, 6) is 0.578. The minimum absolute atomic E-state index is 0.0576. The number of piperidine rings is 1. The highest BCUT2D eigenvalue weighted by molar-refractivity contribution is 7.20. The van der Waals surface area contributed by atoms with Crippen LogP contribution in [0, 0.1) is 0 Å². The number of nitrogen functional groups attached to an aromatic ring is 1. The first-order valence-corrected chi connectivity index (χ1v) is 11.2. The van der Waals surface area contributed by atoms with Crippen molar-refractivity contribution in [3.63, 3.8) is 0 Å². The lowest BCUT2D eigenvalue weighted by molar-refractivity contribution is 0.190. The van der Waals surface area contributed by atoms with Gasteiger partial charge in [0.25, 0.3) is 5.56 Å². The molecule has 3 heterocycles. The molecule has 0 aliphatic carbocycles.